The van der Waals surface area contributed by atoms with Gasteiger partial charge < -0.3 is 5.11 Å². The zero-order valence-electron chi connectivity index (χ0n) is 11.3. The second-order valence-electron chi connectivity index (χ2n) is 4.52. The third kappa shape index (κ3) is 2.73. The Morgan fingerprint density at radius 3 is 2.71 bits per heavy atom. The van der Waals surface area contributed by atoms with Crippen LogP contribution in [0, 0.1) is 29.8 Å². The molecule has 0 aliphatic rings. The first-order valence-electron chi connectivity index (χ1n) is 6.02. The molecule has 21 heavy (non-hydrogen) atoms. The lowest BCUT2D eigenvalue weighted by Gasteiger charge is -2.06. The van der Waals surface area contributed by atoms with E-state index in [9.17, 15) is 19.3 Å². The van der Waals surface area contributed by atoms with Crippen molar-refractivity contribution in [3.8, 4) is 5.69 Å². The van der Waals surface area contributed by atoms with Crippen molar-refractivity contribution in [3.05, 3.63) is 51.1 Å². The van der Waals surface area contributed by atoms with Gasteiger partial charge in [0.15, 0.2) is 0 Å². The molecule has 0 atom stereocenters. The van der Waals surface area contributed by atoms with Crippen molar-refractivity contribution in [2.75, 3.05) is 0 Å². The summed E-state index contributed by atoms with van der Waals surface area (Å²) in [5, 5.41) is 24.0. The molecular weight excluding hydrogens is 281 g/mol. The van der Waals surface area contributed by atoms with Crippen LogP contribution in [0.5, 0.6) is 0 Å². The average molecular weight is 293 g/mol. The summed E-state index contributed by atoms with van der Waals surface area (Å²) >= 11 is 0. The first-order valence-corrected chi connectivity index (χ1v) is 6.02. The number of halogens is 1. The van der Waals surface area contributed by atoms with Gasteiger partial charge in [-0.25, -0.2) is 9.07 Å². The second kappa shape index (κ2) is 5.31. The molecule has 1 N–H and O–H groups in total. The molecule has 0 amide bonds. The Labute approximate surface area is 118 Å². The Balaban J connectivity index is 2.63. The predicted molar refractivity (Wildman–Crippen MR) is 71.0 cm³/mol. The van der Waals surface area contributed by atoms with Gasteiger partial charge in [-0.05, 0) is 26.0 Å². The fourth-order valence-electron chi connectivity index (χ4n) is 2.14. The topological polar surface area (TPSA) is 98.3 Å². The van der Waals surface area contributed by atoms with Gasteiger partial charge >= 0.3 is 5.97 Å². The van der Waals surface area contributed by atoms with Gasteiger partial charge in [-0.3, -0.25) is 14.9 Å². The van der Waals surface area contributed by atoms with E-state index in [1.807, 2.05) is 0 Å². The van der Waals surface area contributed by atoms with Crippen LogP contribution in [0.1, 0.15) is 17.0 Å². The number of nitro benzene ring substituents is 1. The minimum absolute atomic E-state index is 0.0960. The highest BCUT2D eigenvalue weighted by molar-refractivity contribution is 5.71. The maximum absolute atomic E-state index is 13.2. The Hall–Kier alpha value is -2.77. The molecule has 0 radical (unpaired) electrons. The number of aliphatic carboxylic acids is 1. The first-order chi connectivity index (χ1) is 9.81. The van der Waals surface area contributed by atoms with Gasteiger partial charge in [0.1, 0.15) is 11.5 Å². The third-order valence-electron chi connectivity index (χ3n) is 3.13. The van der Waals surface area contributed by atoms with Crippen LogP contribution in [-0.4, -0.2) is 25.8 Å². The Morgan fingerprint density at radius 1 is 1.48 bits per heavy atom. The van der Waals surface area contributed by atoms with Crippen LogP contribution in [0.4, 0.5) is 10.1 Å². The van der Waals surface area contributed by atoms with E-state index in [0.29, 0.717) is 17.0 Å². The standard InChI is InChI=1S/C13H12FN3O4/c1-7-10(6-13(18)19)8(2)16(15-7)11-4-3-9(14)5-12(11)17(20)21/h3-5H,6H2,1-2H3,(H,18,19). The number of rotatable bonds is 4. The number of hydrogen-bond donors (Lipinski definition) is 1. The number of nitro groups is 1. The van der Waals surface area contributed by atoms with Crippen LogP contribution in [0.25, 0.3) is 5.69 Å². The molecule has 0 aliphatic heterocycles. The van der Waals surface area contributed by atoms with E-state index in [2.05, 4.69) is 5.10 Å². The number of aryl methyl sites for hydroxylation is 1. The van der Waals surface area contributed by atoms with Crippen molar-refractivity contribution in [2.24, 2.45) is 0 Å². The summed E-state index contributed by atoms with van der Waals surface area (Å²) in [4.78, 5) is 21.2. The number of carboxylic acid groups (broad SMARTS) is 1. The molecule has 0 aliphatic carbocycles. The lowest BCUT2D eigenvalue weighted by Crippen LogP contribution is -2.06. The van der Waals surface area contributed by atoms with Crippen LogP contribution in [-0.2, 0) is 11.2 Å². The van der Waals surface area contributed by atoms with Crippen LogP contribution in [0.2, 0.25) is 0 Å². The molecule has 0 bridgehead atoms. The molecular formula is C13H12FN3O4. The van der Waals surface area contributed by atoms with E-state index in [4.69, 9.17) is 5.11 Å². The highest BCUT2D eigenvalue weighted by Crippen LogP contribution is 2.26. The lowest BCUT2D eigenvalue weighted by molar-refractivity contribution is -0.384. The van der Waals surface area contributed by atoms with Crippen LogP contribution >= 0.6 is 0 Å². The van der Waals surface area contributed by atoms with Gasteiger partial charge in [0.05, 0.1) is 23.1 Å². The predicted octanol–water partition coefficient (Wildman–Crippen LogP) is 2.16. The number of carbonyl (C=O) groups is 1. The van der Waals surface area contributed by atoms with Gasteiger partial charge in [-0.15, -0.1) is 0 Å². The summed E-state index contributed by atoms with van der Waals surface area (Å²) in [5.41, 5.74) is 1.10. The number of carboxylic acids is 1. The molecule has 2 aromatic rings. The highest BCUT2D eigenvalue weighted by Gasteiger charge is 2.22. The zero-order valence-corrected chi connectivity index (χ0v) is 11.3. The van der Waals surface area contributed by atoms with Gasteiger partial charge in [0.25, 0.3) is 5.69 Å². The molecule has 0 unspecified atom stereocenters. The minimum Gasteiger partial charge on any atom is -0.481 e. The lowest BCUT2D eigenvalue weighted by atomic mass is 10.1. The SMILES string of the molecule is Cc1nn(-c2ccc(F)cc2[N+](=O)[O-])c(C)c1CC(=O)O. The molecule has 1 heterocycles. The van der Waals surface area contributed by atoms with Crippen molar-refractivity contribution in [2.45, 2.75) is 20.3 Å². The van der Waals surface area contributed by atoms with Crippen LogP contribution < -0.4 is 0 Å². The van der Waals surface area contributed by atoms with Crippen molar-refractivity contribution < 1.29 is 19.2 Å². The summed E-state index contributed by atoms with van der Waals surface area (Å²) in [6.45, 7) is 3.24. The van der Waals surface area contributed by atoms with E-state index in [1.54, 1.807) is 13.8 Å². The Bertz CT molecular complexity index is 739. The molecule has 1 aromatic carbocycles. The Morgan fingerprint density at radius 2 is 2.14 bits per heavy atom. The minimum atomic E-state index is -1.02. The quantitative estimate of drug-likeness (QED) is 0.688. The molecule has 7 nitrogen and oxygen atoms in total. The van der Waals surface area contributed by atoms with Crippen molar-refractivity contribution in [3.63, 3.8) is 0 Å². The molecule has 1 aromatic heterocycles. The zero-order chi connectivity index (χ0) is 15.7. The largest absolute Gasteiger partial charge is 0.481 e. The van der Waals surface area contributed by atoms with Crippen LogP contribution in [0.15, 0.2) is 18.2 Å². The third-order valence-corrected chi connectivity index (χ3v) is 3.13. The van der Waals surface area contributed by atoms with Gasteiger partial charge in [-0.2, -0.15) is 5.10 Å². The fraction of sp³-hybridized carbons (Fsp3) is 0.231. The van der Waals surface area contributed by atoms with E-state index in [1.165, 1.54) is 10.7 Å². The smallest absolute Gasteiger partial charge is 0.307 e. The maximum Gasteiger partial charge on any atom is 0.307 e. The number of hydrogen-bond acceptors (Lipinski definition) is 4. The summed E-state index contributed by atoms with van der Waals surface area (Å²) < 4.78 is 14.4. The highest BCUT2D eigenvalue weighted by atomic mass is 19.1. The van der Waals surface area contributed by atoms with Crippen molar-refractivity contribution >= 4 is 11.7 Å². The molecule has 0 saturated heterocycles. The van der Waals surface area contributed by atoms with Gasteiger partial charge in [0.2, 0.25) is 0 Å². The number of nitrogens with zero attached hydrogens (tertiary/aromatic N) is 3. The summed E-state index contributed by atoms with van der Waals surface area (Å²) in [7, 11) is 0. The van der Waals surface area contributed by atoms with E-state index < -0.39 is 22.4 Å². The summed E-state index contributed by atoms with van der Waals surface area (Å²) in [5.74, 6) is -1.74. The monoisotopic (exact) mass is 293 g/mol. The van der Waals surface area contributed by atoms with Gasteiger partial charge in [0, 0.05) is 11.3 Å². The fourth-order valence-corrected chi connectivity index (χ4v) is 2.14. The number of aromatic nitrogens is 2. The molecule has 8 heteroatoms. The molecule has 0 spiro atoms. The van der Waals surface area contributed by atoms with Crippen LogP contribution in [0.3, 0.4) is 0 Å². The maximum atomic E-state index is 13.2. The molecule has 110 valence electrons. The first kappa shape index (κ1) is 14.6. The van der Waals surface area contributed by atoms with E-state index in [-0.39, 0.29) is 12.1 Å². The van der Waals surface area contributed by atoms with E-state index in [0.717, 1.165) is 12.1 Å². The van der Waals surface area contributed by atoms with Gasteiger partial charge in [-0.1, -0.05) is 0 Å². The van der Waals surface area contributed by atoms with E-state index >= 15 is 0 Å². The summed E-state index contributed by atoms with van der Waals surface area (Å²) in [6.07, 6.45) is -0.230. The normalized spacial score (nSPS) is 10.6. The van der Waals surface area contributed by atoms with Crippen molar-refractivity contribution in [1.82, 2.24) is 9.78 Å². The number of benzene rings is 1. The van der Waals surface area contributed by atoms with Crippen molar-refractivity contribution in [1.29, 1.82) is 0 Å². The molecule has 2 rings (SSSR count). The Kier molecular flexibility index (Phi) is 3.70. The molecule has 0 saturated carbocycles. The summed E-state index contributed by atoms with van der Waals surface area (Å²) in [6, 6.07) is 3.15. The second-order valence-corrected chi connectivity index (χ2v) is 4.52. The molecule has 0 fully saturated rings. The average Bonchev–Trinajstić information content (AvgIpc) is 2.66.